The molecule has 2 N–H and O–H groups in total. The third kappa shape index (κ3) is 1.52. The van der Waals surface area contributed by atoms with Gasteiger partial charge in [0.2, 0.25) is 0 Å². The van der Waals surface area contributed by atoms with Gasteiger partial charge in [-0.05, 0) is 17.2 Å². The van der Waals surface area contributed by atoms with E-state index in [2.05, 4.69) is 23.8 Å². The molecule has 0 aliphatic carbocycles. The van der Waals surface area contributed by atoms with Crippen molar-refractivity contribution in [3.63, 3.8) is 0 Å². The first-order chi connectivity index (χ1) is 5.29. The number of allylic oxidation sites excluding steroid dienone is 1. The molecule has 0 radical (unpaired) electrons. The van der Waals surface area contributed by atoms with E-state index in [1.54, 1.807) is 0 Å². The highest BCUT2D eigenvalue weighted by Crippen LogP contribution is 2.15. The van der Waals surface area contributed by atoms with Crippen LogP contribution in [0, 0.1) is 0 Å². The van der Waals surface area contributed by atoms with Crippen LogP contribution in [-0.2, 0) is 0 Å². The fourth-order valence-corrected chi connectivity index (χ4v) is 1.23. The van der Waals surface area contributed by atoms with Gasteiger partial charge < -0.3 is 10.6 Å². The maximum absolute atomic E-state index is 3.94. The zero-order valence-corrected chi connectivity index (χ0v) is 6.91. The van der Waals surface area contributed by atoms with Gasteiger partial charge in [-0.2, -0.15) is 0 Å². The fourth-order valence-electron chi connectivity index (χ4n) is 1.23. The van der Waals surface area contributed by atoms with Crippen LogP contribution in [0.3, 0.4) is 0 Å². The summed E-state index contributed by atoms with van der Waals surface area (Å²) in [4.78, 5) is 0. The van der Waals surface area contributed by atoms with Gasteiger partial charge in [-0.1, -0.05) is 13.2 Å². The molecule has 0 amide bonds. The van der Waals surface area contributed by atoms with Crippen molar-refractivity contribution in [3.8, 4) is 0 Å². The van der Waals surface area contributed by atoms with Crippen LogP contribution in [0.1, 0.15) is 0 Å². The first kappa shape index (κ1) is 8.08. The Kier molecular flexibility index (Phi) is 2.49. The number of nitrogens with one attached hydrogen (secondary N) is 2. The van der Waals surface area contributed by atoms with Gasteiger partial charge in [-0.15, -0.1) is 0 Å². The van der Waals surface area contributed by atoms with E-state index in [0.29, 0.717) is 0 Å². The molecule has 0 aromatic rings. The molecule has 0 bridgehead atoms. The second-order valence-electron chi connectivity index (χ2n) is 2.55. The zero-order valence-electron chi connectivity index (χ0n) is 6.91. The van der Waals surface area contributed by atoms with Crippen molar-refractivity contribution >= 4 is 0 Å². The van der Waals surface area contributed by atoms with Crippen LogP contribution in [0.25, 0.3) is 0 Å². The molecule has 1 fully saturated rings. The molecule has 11 heavy (non-hydrogen) atoms. The Balaban J connectivity index is 2.90. The molecule has 60 valence electrons. The minimum atomic E-state index is 0.897. The number of rotatable bonds is 2. The summed E-state index contributed by atoms with van der Waals surface area (Å²) >= 11 is 0. The van der Waals surface area contributed by atoms with E-state index in [1.165, 1.54) is 5.57 Å². The molecule has 1 saturated heterocycles. The normalized spacial score (nSPS) is 21.7. The highest BCUT2D eigenvalue weighted by atomic mass is 14.9. The predicted molar refractivity (Wildman–Crippen MR) is 48.3 cm³/mol. The van der Waals surface area contributed by atoms with E-state index in [9.17, 15) is 0 Å². The van der Waals surface area contributed by atoms with Crippen molar-refractivity contribution in [1.82, 2.24) is 10.6 Å². The summed E-state index contributed by atoms with van der Waals surface area (Å²) in [5.41, 5.74) is 3.50. The molecule has 0 aromatic heterocycles. The van der Waals surface area contributed by atoms with Crippen LogP contribution in [-0.4, -0.2) is 20.1 Å². The summed E-state index contributed by atoms with van der Waals surface area (Å²) in [6.07, 6.45) is 1.83. The molecular weight excluding hydrogens is 136 g/mol. The molecule has 2 heteroatoms. The van der Waals surface area contributed by atoms with Crippen molar-refractivity contribution in [2.45, 2.75) is 0 Å². The number of hydrogen-bond donors (Lipinski definition) is 2. The highest BCUT2D eigenvalue weighted by Gasteiger charge is 2.12. The lowest BCUT2D eigenvalue weighted by Crippen LogP contribution is -2.10. The third-order valence-corrected chi connectivity index (χ3v) is 1.87. The lowest BCUT2D eigenvalue weighted by molar-refractivity contribution is 0.887. The molecule has 0 spiro atoms. The first-order valence-corrected chi connectivity index (χ1v) is 3.71. The molecule has 1 rings (SSSR count). The van der Waals surface area contributed by atoms with E-state index in [0.717, 1.165) is 24.4 Å². The SMILES string of the molecule is C=C/C(NC)=C1/CNCC1=C. The molecule has 1 aliphatic heterocycles. The predicted octanol–water partition coefficient (Wildman–Crippen LogP) is 0.805. The molecule has 0 unspecified atom stereocenters. The van der Waals surface area contributed by atoms with E-state index < -0.39 is 0 Å². The van der Waals surface area contributed by atoms with Gasteiger partial charge in [0.25, 0.3) is 0 Å². The second-order valence-corrected chi connectivity index (χ2v) is 2.55. The maximum atomic E-state index is 3.94. The number of hydrogen-bond acceptors (Lipinski definition) is 2. The van der Waals surface area contributed by atoms with Crippen molar-refractivity contribution in [3.05, 3.63) is 36.1 Å². The van der Waals surface area contributed by atoms with Gasteiger partial charge in [0.05, 0.1) is 0 Å². The summed E-state index contributed by atoms with van der Waals surface area (Å²) in [6.45, 7) is 9.47. The molecule has 1 heterocycles. The fraction of sp³-hybridized carbons (Fsp3) is 0.333. The van der Waals surface area contributed by atoms with Crippen molar-refractivity contribution in [2.75, 3.05) is 20.1 Å². The Labute approximate surface area is 67.7 Å². The largest absolute Gasteiger partial charge is 0.388 e. The van der Waals surface area contributed by atoms with E-state index in [4.69, 9.17) is 0 Å². The van der Waals surface area contributed by atoms with Crippen LogP contribution >= 0.6 is 0 Å². The smallest absolute Gasteiger partial charge is 0.0380 e. The lowest BCUT2D eigenvalue weighted by atomic mass is 10.1. The van der Waals surface area contributed by atoms with E-state index >= 15 is 0 Å². The molecule has 0 atom stereocenters. The Hall–Kier alpha value is -1.02. The number of likely N-dealkylation sites (N-methyl/N-ethyl adjacent to an activating group) is 1. The Morgan fingerprint density at radius 2 is 2.36 bits per heavy atom. The molecule has 1 aliphatic rings. The summed E-state index contributed by atoms with van der Waals surface area (Å²) in [5.74, 6) is 0. The molecule has 0 aromatic carbocycles. The van der Waals surface area contributed by atoms with Gasteiger partial charge in [-0.25, -0.2) is 0 Å². The average molecular weight is 150 g/mol. The van der Waals surface area contributed by atoms with Gasteiger partial charge in [0.1, 0.15) is 0 Å². The van der Waals surface area contributed by atoms with Crippen LogP contribution in [0.15, 0.2) is 36.1 Å². The van der Waals surface area contributed by atoms with E-state index in [1.807, 2.05) is 13.1 Å². The van der Waals surface area contributed by atoms with Crippen LogP contribution in [0.2, 0.25) is 0 Å². The molecule has 2 nitrogen and oxygen atoms in total. The standard InChI is InChI=1S/C9H14N2/c1-4-9(10-3)8-6-11-5-7(8)2/h4,10-11H,1-2,5-6H2,3H3/b9-8+. The second kappa shape index (κ2) is 3.39. The topological polar surface area (TPSA) is 24.1 Å². The highest BCUT2D eigenvalue weighted by molar-refractivity contribution is 5.42. The van der Waals surface area contributed by atoms with Crippen molar-refractivity contribution in [1.29, 1.82) is 0 Å². The summed E-state index contributed by atoms with van der Waals surface area (Å²) < 4.78 is 0. The van der Waals surface area contributed by atoms with Gasteiger partial charge in [-0.3, -0.25) is 0 Å². The summed E-state index contributed by atoms with van der Waals surface area (Å²) in [5, 5.41) is 6.31. The Morgan fingerprint density at radius 1 is 1.64 bits per heavy atom. The van der Waals surface area contributed by atoms with Crippen LogP contribution in [0.4, 0.5) is 0 Å². The van der Waals surface area contributed by atoms with Gasteiger partial charge in [0, 0.05) is 25.8 Å². The minimum Gasteiger partial charge on any atom is -0.388 e. The first-order valence-electron chi connectivity index (χ1n) is 3.71. The average Bonchev–Trinajstić information content (AvgIpc) is 2.40. The van der Waals surface area contributed by atoms with Crippen LogP contribution in [0.5, 0.6) is 0 Å². The minimum absolute atomic E-state index is 0.897. The maximum Gasteiger partial charge on any atom is 0.0380 e. The summed E-state index contributed by atoms with van der Waals surface area (Å²) in [7, 11) is 1.90. The molecular formula is C9H14N2. The van der Waals surface area contributed by atoms with Crippen molar-refractivity contribution < 1.29 is 0 Å². The van der Waals surface area contributed by atoms with Crippen molar-refractivity contribution in [2.24, 2.45) is 0 Å². The van der Waals surface area contributed by atoms with Gasteiger partial charge >= 0.3 is 0 Å². The Bertz CT molecular complexity index is 214. The monoisotopic (exact) mass is 150 g/mol. The quantitative estimate of drug-likeness (QED) is 0.608. The van der Waals surface area contributed by atoms with E-state index in [-0.39, 0.29) is 0 Å². The van der Waals surface area contributed by atoms with Crippen LogP contribution < -0.4 is 10.6 Å². The lowest BCUT2D eigenvalue weighted by Gasteiger charge is -2.05. The Morgan fingerprint density at radius 3 is 2.73 bits per heavy atom. The third-order valence-electron chi connectivity index (χ3n) is 1.87. The summed E-state index contributed by atoms with van der Waals surface area (Å²) in [6, 6.07) is 0. The molecule has 0 saturated carbocycles. The van der Waals surface area contributed by atoms with Gasteiger partial charge in [0.15, 0.2) is 0 Å². The zero-order chi connectivity index (χ0) is 8.27.